The SMILES string of the molecule is CNC(=O)N1CCc2nc(C(=O)Nc3ccc(Cl)cc3)sc2CC1. The number of rotatable bonds is 2. The molecule has 0 saturated carbocycles. The van der Waals surface area contributed by atoms with Gasteiger partial charge in [-0.3, -0.25) is 4.79 Å². The van der Waals surface area contributed by atoms with Crippen LogP contribution >= 0.6 is 22.9 Å². The third kappa shape index (κ3) is 3.68. The van der Waals surface area contributed by atoms with Crippen LogP contribution in [0, 0.1) is 0 Å². The van der Waals surface area contributed by atoms with E-state index in [0.29, 0.717) is 41.6 Å². The summed E-state index contributed by atoms with van der Waals surface area (Å²) in [6.07, 6.45) is 1.38. The first-order valence-corrected chi connectivity index (χ1v) is 8.78. The second-order valence-corrected chi connectivity index (χ2v) is 6.91. The van der Waals surface area contributed by atoms with Crippen molar-refractivity contribution in [3.8, 4) is 0 Å². The van der Waals surface area contributed by atoms with Crippen molar-refractivity contribution in [3.05, 3.63) is 44.9 Å². The molecule has 24 heavy (non-hydrogen) atoms. The number of halogens is 1. The zero-order valence-corrected chi connectivity index (χ0v) is 14.7. The molecule has 0 atom stereocenters. The molecule has 0 unspecified atom stereocenters. The molecule has 3 rings (SSSR count). The molecule has 8 heteroatoms. The fourth-order valence-corrected chi connectivity index (χ4v) is 3.66. The average molecular weight is 365 g/mol. The van der Waals surface area contributed by atoms with Gasteiger partial charge >= 0.3 is 6.03 Å². The Morgan fingerprint density at radius 2 is 1.92 bits per heavy atom. The lowest BCUT2D eigenvalue weighted by atomic mass is 10.2. The monoisotopic (exact) mass is 364 g/mol. The number of urea groups is 1. The number of amides is 3. The summed E-state index contributed by atoms with van der Waals surface area (Å²) in [5.74, 6) is -0.224. The molecule has 1 aromatic heterocycles. The number of nitrogens with zero attached hydrogens (tertiary/aromatic N) is 2. The molecule has 2 heterocycles. The Bertz CT molecular complexity index is 734. The molecule has 126 valence electrons. The van der Waals surface area contributed by atoms with Crippen LogP contribution in [0.5, 0.6) is 0 Å². The molecule has 0 aliphatic carbocycles. The number of carbonyl (C=O) groups excluding carboxylic acids is 2. The molecule has 0 radical (unpaired) electrons. The van der Waals surface area contributed by atoms with Gasteiger partial charge in [-0.15, -0.1) is 11.3 Å². The number of hydrogen-bond donors (Lipinski definition) is 2. The molecule has 1 aliphatic heterocycles. The highest BCUT2D eigenvalue weighted by molar-refractivity contribution is 7.13. The first kappa shape index (κ1) is 16.7. The normalized spacial score (nSPS) is 13.8. The summed E-state index contributed by atoms with van der Waals surface area (Å²) in [6.45, 7) is 1.24. The van der Waals surface area contributed by atoms with E-state index in [1.807, 2.05) is 0 Å². The molecule has 3 amide bonds. The predicted molar refractivity (Wildman–Crippen MR) is 95.0 cm³/mol. The summed E-state index contributed by atoms with van der Waals surface area (Å²) < 4.78 is 0. The number of benzene rings is 1. The smallest absolute Gasteiger partial charge is 0.317 e. The van der Waals surface area contributed by atoms with Gasteiger partial charge in [0, 0.05) is 48.6 Å². The van der Waals surface area contributed by atoms with E-state index in [-0.39, 0.29) is 11.9 Å². The van der Waals surface area contributed by atoms with E-state index >= 15 is 0 Å². The minimum absolute atomic E-state index is 0.0779. The topological polar surface area (TPSA) is 74.3 Å². The van der Waals surface area contributed by atoms with Crippen molar-refractivity contribution in [1.29, 1.82) is 0 Å². The second kappa shape index (κ2) is 7.19. The maximum absolute atomic E-state index is 12.4. The summed E-state index contributed by atoms with van der Waals surface area (Å²) in [7, 11) is 1.63. The molecular formula is C16H17ClN4O2S. The van der Waals surface area contributed by atoms with Crippen molar-refractivity contribution in [3.63, 3.8) is 0 Å². The van der Waals surface area contributed by atoms with Crippen molar-refractivity contribution in [2.75, 3.05) is 25.5 Å². The van der Waals surface area contributed by atoms with Gasteiger partial charge in [0.15, 0.2) is 5.01 Å². The molecule has 0 saturated heterocycles. The highest BCUT2D eigenvalue weighted by Gasteiger charge is 2.22. The standard InChI is InChI=1S/C16H17ClN4O2S/c1-18-16(23)21-8-6-12-13(7-9-21)24-15(20-12)14(22)19-11-4-2-10(17)3-5-11/h2-5H,6-9H2,1H3,(H,18,23)(H,19,22). The number of anilines is 1. The molecule has 0 spiro atoms. The Labute approximate surface area is 148 Å². The lowest BCUT2D eigenvalue weighted by Gasteiger charge is -2.19. The van der Waals surface area contributed by atoms with E-state index in [4.69, 9.17) is 11.6 Å². The van der Waals surface area contributed by atoms with E-state index in [1.165, 1.54) is 11.3 Å². The van der Waals surface area contributed by atoms with Crippen LogP contribution in [0.1, 0.15) is 20.4 Å². The number of nitrogens with one attached hydrogen (secondary N) is 2. The van der Waals surface area contributed by atoms with E-state index in [9.17, 15) is 9.59 Å². The number of aromatic nitrogens is 1. The molecule has 1 aliphatic rings. The Morgan fingerprint density at radius 3 is 2.62 bits per heavy atom. The Hall–Kier alpha value is -2.12. The summed E-state index contributed by atoms with van der Waals surface area (Å²) in [5, 5.41) is 6.53. The maximum atomic E-state index is 12.4. The van der Waals surface area contributed by atoms with Gasteiger partial charge in [0.25, 0.3) is 5.91 Å². The van der Waals surface area contributed by atoms with E-state index in [1.54, 1.807) is 36.2 Å². The van der Waals surface area contributed by atoms with Crippen LogP contribution in [0.4, 0.5) is 10.5 Å². The first-order chi connectivity index (χ1) is 11.6. The van der Waals surface area contributed by atoms with Gasteiger partial charge in [0.1, 0.15) is 0 Å². The zero-order chi connectivity index (χ0) is 17.1. The van der Waals surface area contributed by atoms with Gasteiger partial charge < -0.3 is 15.5 Å². The van der Waals surface area contributed by atoms with Crippen LogP contribution in [0.3, 0.4) is 0 Å². The van der Waals surface area contributed by atoms with Crippen LogP contribution < -0.4 is 10.6 Å². The third-order valence-corrected chi connectivity index (χ3v) is 5.21. The largest absolute Gasteiger partial charge is 0.341 e. The fourth-order valence-electron chi connectivity index (χ4n) is 2.54. The quantitative estimate of drug-likeness (QED) is 0.860. The van der Waals surface area contributed by atoms with Crippen LogP contribution in [0.2, 0.25) is 5.02 Å². The predicted octanol–water partition coefficient (Wildman–Crippen LogP) is 2.79. The maximum Gasteiger partial charge on any atom is 0.317 e. The van der Waals surface area contributed by atoms with Crippen LogP contribution in [-0.2, 0) is 12.8 Å². The summed E-state index contributed by atoms with van der Waals surface area (Å²) in [4.78, 5) is 31.4. The lowest BCUT2D eigenvalue weighted by molar-refractivity contribution is 0.102. The van der Waals surface area contributed by atoms with Crippen molar-refractivity contribution < 1.29 is 9.59 Å². The second-order valence-electron chi connectivity index (χ2n) is 5.39. The number of hydrogen-bond acceptors (Lipinski definition) is 4. The van der Waals surface area contributed by atoms with Crippen LogP contribution in [-0.4, -0.2) is 42.0 Å². The van der Waals surface area contributed by atoms with Gasteiger partial charge in [-0.2, -0.15) is 0 Å². The van der Waals surface area contributed by atoms with Crippen molar-refractivity contribution in [2.24, 2.45) is 0 Å². The van der Waals surface area contributed by atoms with E-state index in [2.05, 4.69) is 15.6 Å². The fraction of sp³-hybridized carbons (Fsp3) is 0.312. The number of thiazole rings is 1. The highest BCUT2D eigenvalue weighted by Crippen LogP contribution is 2.24. The molecule has 1 aromatic carbocycles. The summed E-state index contributed by atoms with van der Waals surface area (Å²) >= 11 is 7.23. The van der Waals surface area contributed by atoms with E-state index < -0.39 is 0 Å². The van der Waals surface area contributed by atoms with Crippen molar-refractivity contribution >= 4 is 40.6 Å². The molecule has 0 bridgehead atoms. The van der Waals surface area contributed by atoms with E-state index in [0.717, 1.165) is 10.6 Å². The lowest BCUT2D eigenvalue weighted by Crippen LogP contribution is -2.39. The van der Waals surface area contributed by atoms with Gasteiger partial charge in [-0.1, -0.05) is 11.6 Å². The van der Waals surface area contributed by atoms with Gasteiger partial charge in [0.2, 0.25) is 0 Å². The van der Waals surface area contributed by atoms with Crippen LogP contribution in [0.15, 0.2) is 24.3 Å². The molecular weight excluding hydrogens is 348 g/mol. The Balaban J connectivity index is 1.69. The molecule has 0 fully saturated rings. The van der Waals surface area contributed by atoms with Crippen molar-refractivity contribution in [1.82, 2.24) is 15.2 Å². The molecule has 2 N–H and O–H groups in total. The van der Waals surface area contributed by atoms with Crippen LogP contribution in [0.25, 0.3) is 0 Å². The third-order valence-electron chi connectivity index (χ3n) is 3.80. The molecule has 6 nitrogen and oxygen atoms in total. The summed E-state index contributed by atoms with van der Waals surface area (Å²) in [6, 6.07) is 6.87. The Kier molecular flexibility index (Phi) is 5.01. The molecule has 2 aromatic rings. The van der Waals surface area contributed by atoms with Gasteiger partial charge in [-0.25, -0.2) is 9.78 Å². The summed E-state index contributed by atoms with van der Waals surface area (Å²) in [5.41, 5.74) is 1.59. The number of carbonyl (C=O) groups is 2. The minimum atomic E-state index is -0.224. The van der Waals surface area contributed by atoms with Gasteiger partial charge in [0.05, 0.1) is 5.69 Å². The van der Waals surface area contributed by atoms with Crippen molar-refractivity contribution in [2.45, 2.75) is 12.8 Å². The first-order valence-electron chi connectivity index (χ1n) is 7.59. The Morgan fingerprint density at radius 1 is 1.21 bits per heavy atom. The zero-order valence-electron chi connectivity index (χ0n) is 13.1. The minimum Gasteiger partial charge on any atom is -0.341 e. The number of fused-ring (bicyclic) bond motifs is 1. The highest BCUT2D eigenvalue weighted by atomic mass is 35.5. The average Bonchev–Trinajstić information content (AvgIpc) is 2.90. The van der Waals surface area contributed by atoms with Gasteiger partial charge in [-0.05, 0) is 24.3 Å².